The van der Waals surface area contributed by atoms with Crippen LogP contribution in [0.25, 0.3) is 10.9 Å². The Hall–Kier alpha value is -3.36. The zero-order valence-electron chi connectivity index (χ0n) is 12.9. The predicted octanol–water partition coefficient (Wildman–Crippen LogP) is 1.60. The summed E-state index contributed by atoms with van der Waals surface area (Å²) in [5, 5.41) is 30.9. The summed E-state index contributed by atoms with van der Waals surface area (Å²) in [6.07, 6.45) is 0. The number of aromatic amines is 1. The minimum absolute atomic E-state index is 0.581. The molecule has 0 amide bonds. The molecule has 0 radical (unpaired) electrons. The molecule has 0 saturated carbocycles. The Morgan fingerprint density at radius 3 is 1.58 bits per heavy atom. The lowest BCUT2D eigenvalue weighted by atomic mass is 10.1. The maximum atomic E-state index is 9.10. The van der Waals surface area contributed by atoms with Crippen molar-refractivity contribution >= 4 is 34.8 Å². The number of carboxylic acids is 4. The molecule has 1 aromatic carbocycles. The van der Waals surface area contributed by atoms with Gasteiger partial charge in [-0.3, -0.25) is 0 Å². The van der Waals surface area contributed by atoms with Gasteiger partial charge in [0.2, 0.25) is 0 Å². The number of fused-ring (bicyclic) bond motifs is 1. The lowest BCUT2D eigenvalue weighted by Crippen LogP contribution is -2.09. The van der Waals surface area contributed by atoms with Crippen LogP contribution < -0.4 is 0 Å². The predicted molar refractivity (Wildman–Crippen MR) is 82.9 cm³/mol. The molecule has 9 heteroatoms. The van der Waals surface area contributed by atoms with Crippen LogP contribution in [0.5, 0.6) is 0 Å². The molecule has 24 heavy (non-hydrogen) atoms. The van der Waals surface area contributed by atoms with E-state index in [4.69, 9.17) is 39.6 Å². The van der Waals surface area contributed by atoms with Gasteiger partial charge in [0.1, 0.15) is 0 Å². The number of aliphatic carboxylic acids is 4. The first-order chi connectivity index (χ1) is 11.1. The number of H-pyrrole nitrogens is 1. The Kier molecular flexibility index (Phi) is 8.27. The first kappa shape index (κ1) is 20.6. The number of carbonyl (C=O) groups is 4. The Morgan fingerprint density at radius 2 is 1.25 bits per heavy atom. The molecule has 0 saturated heterocycles. The van der Waals surface area contributed by atoms with E-state index < -0.39 is 23.9 Å². The van der Waals surface area contributed by atoms with Crippen molar-refractivity contribution < 1.29 is 39.6 Å². The fourth-order valence-electron chi connectivity index (χ4n) is 1.41. The van der Waals surface area contributed by atoms with Crippen LogP contribution in [0.3, 0.4) is 0 Å². The van der Waals surface area contributed by atoms with Gasteiger partial charge < -0.3 is 25.4 Å². The van der Waals surface area contributed by atoms with Crippen LogP contribution in [-0.4, -0.2) is 49.3 Å². The lowest BCUT2D eigenvalue weighted by Gasteiger charge is -1.97. The monoisotopic (exact) mass is 339 g/mol. The van der Waals surface area contributed by atoms with Crippen LogP contribution in [0.1, 0.15) is 25.5 Å². The average molecular weight is 339 g/mol. The van der Waals surface area contributed by atoms with Gasteiger partial charge in [-0.25, -0.2) is 19.2 Å². The van der Waals surface area contributed by atoms with E-state index in [2.05, 4.69) is 49.2 Å². The summed E-state index contributed by atoms with van der Waals surface area (Å²) in [6.45, 7) is 4.40. The highest BCUT2D eigenvalue weighted by Gasteiger charge is 2.04. The number of aromatic nitrogens is 1. The van der Waals surface area contributed by atoms with E-state index >= 15 is 0 Å². The van der Waals surface area contributed by atoms with E-state index in [1.165, 1.54) is 16.6 Å². The normalized spacial score (nSPS) is 9.29. The van der Waals surface area contributed by atoms with Crippen LogP contribution in [0.15, 0.2) is 30.3 Å². The van der Waals surface area contributed by atoms with E-state index in [0.29, 0.717) is 5.92 Å². The summed E-state index contributed by atoms with van der Waals surface area (Å²) >= 11 is 0. The minimum Gasteiger partial charge on any atom is -0.473 e. The fraction of sp³-hybridized carbons (Fsp3) is 0.200. The molecule has 1 aromatic heterocycles. The number of hydrogen-bond donors (Lipinski definition) is 5. The van der Waals surface area contributed by atoms with Crippen molar-refractivity contribution in [3.63, 3.8) is 0 Å². The molecule has 0 atom stereocenters. The van der Waals surface area contributed by atoms with E-state index in [1.807, 2.05) is 0 Å². The van der Waals surface area contributed by atoms with Gasteiger partial charge in [-0.1, -0.05) is 32.0 Å². The Balaban J connectivity index is 0.000000377. The van der Waals surface area contributed by atoms with Gasteiger partial charge in [-0.15, -0.1) is 0 Å². The summed E-state index contributed by atoms with van der Waals surface area (Å²) < 4.78 is 0. The second-order valence-electron chi connectivity index (χ2n) is 4.69. The summed E-state index contributed by atoms with van der Waals surface area (Å²) in [7, 11) is 0. The molecule has 1 heterocycles. The maximum absolute atomic E-state index is 9.10. The van der Waals surface area contributed by atoms with Crippen LogP contribution in [0.4, 0.5) is 0 Å². The van der Waals surface area contributed by atoms with Crippen LogP contribution in [-0.2, 0) is 19.2 Å². The number of hydrogen-bond acceptors (Lipinski definition) is 4. The van der Waals surface area contributed by atoms with Gasteiger partial charge in [0.25, 0.3) is 0 Å². The standard InChI is InChI=1S/C11H13N.2C2H2O4/c1-8(2)11-7-9-5-3-4-6-10(9)12-11;2*3-1(4)2(5)6/h3-8,12H,1-2H3;2*(H,3,4)(H,5,6). The summed E-state index contributed by atoms with van der Waals surface area (Å²) in [6, 6.07) is 10.6. The molecule has 0 aliphatic carbocycles. The molecular formula is C15H17NO8. The zero-order chi connectivity index (χ0) is 18.9. The van der Waals surface area contributed by atoms with Crippen LogP contribution >= 0.6 is 0 Å². The van der Waals surface area contributed by atoms with Gasteiger partial charge in [0, 0.05) is 11.2 Å². The van der Waals surface area contributed by atoms with Crippen molar-refractivity contribution in [1.82, 2.24) is 4.98 Å². The molecule has 0 bridgehead atoms. The molecule has 2 aromatic rings. The highest BCUT2D eigenvalue weighted by molar-refractivity contribution is 6.27. The molecule has 0 aliphatic rings. The molecule has 0 spiro atoms. The molecule has 5 N–H and O–H groups in total. The fourth-order valence-corrected chi connectivity index (χ4v) is 1.41. The molecule has 0 fully saturated rings. The van der Waals surface area contributed by atoms with Gasteiger partial charge in [-0.2, -0.15) is 0 Å². The zero-order valence-corrected chi connectivity index (χ0v) is 12.9. The Bertz CT molecular complexity index is 651. The van der Waals surface area contributed by atoms with Crippen molar-refractivity contribution in [2.75, 3.05) is 0 Å². The first-order valence-electron chi connectivity index (χ1n) is 6.56. The summed E-state index contributed by atoms with van der Waals surface area (Å²) in [4.78, 5) is 39.8. The van der Waals surface area contributed by atoms with E-state index in [1.54, 1.807) is 0 Å². The smallest absolute Gasteiger partial charge is 0.414 e. The quantitative estimate of drug-likeness (QED) is 0.489. The Labute approximate surface area is 136 Å². The Morgan fingerprint density at radius 1 is 0.833 bits per heavy atom. The summed E-state index contributed by atoms with van der Waals surface area (Å²) in [5.74, 6) is -6.72. The third kappa shape index (κ3) is 7.59. The third-order valence-corrected chi connectivity index (χ3v) is 2.54. The number of carboxylic acid groups (broad SMARTS) is 4. The first-order valence-corrected chi connectivity index (χ1v) is 6.56. The molecular weight excluding hydrogens is 322 g/mol. The number of para-hydroxylation sites is 1. The van der Waals surface area contributed by atoms with Gasteiger partial charge in [0.05, 0.1) is 0 Å². The number of nitrogens with one attached hydrogen (secondary N) is 1. The van der Waals surface area contributed by atoms with Gasteiger partial charge in [-0.05, 0) is 23.4 Å². The second-order valence-corrected chi connectivity index (χ2v) is 4.69. The maximum Gasteiger partial charge on any atom is 0.414 e. The molecule has 0 unspecified atom stereocenters. The second kappa shape index (κ2) is 9.62. The van der Waals surface area contributed by atoms with E-state index in [9.17, 15) is 0 Å². The number of rotatable bonds is 1. The summed E-state index contributed by atoms with van der Waals surface area (Å²) in [5.41, 5.74) is 2.55. The molecule has 2 rings (SSSR count). The highest BCUT2D eigenvalue weighted by atomic mass is 16.4. The van der Waals surface area contributed by atoms with Crippen molar-refractivity contribution in [2.24, 2.45) is 0 Å². The third-order valence-electron chi connectivity index (χ3n) is 2.54. The highest BCUT2D eigenvalue weighted by Crippen LogP contribution is 2.20. The number of benzene rings is 1. The molecule has 9 nitrogen and oxygen atoms in total. The SMILES string of the molecule is CC(C)c1cc2ccccc2[nH]1.O=C(O)C(=O)O.O=C(O)C(=O)O. The van der Waals surface area contributed by atoms with Gasteiger partial charge in [0.15, 0.2) is 0 Å². The molecule has 130 valence electrons. The largest absolute Gasteiger partial charge is 0.473 e. The minimum atomic E-state index is -1.82. The van der Waals surface area contributed by atoms with E-state index in [-0.39, 0.29) is 0 Å². The van der Waals surface area contributed by atoms with Crippen LogP contribution in [0, 0.1) is 0 Å². The van der Waals surface area contributed by atoms with Crippen molar-refractivity contribution in [3.8, 4) is 0 Å². The topological polar surface area (TPSA) is 165 Å². The van der Waals surface area contributed by atoms with Gasteiger partial charge >= 0.3 is 23.9 Å². The molecule has 0 aliphatic heterocycles. The lowest BCUT2D eigenvalue weighted by molar-refractivity contribution is -0.159. The van der Waals surface area contributed by atoms with Crippen molar-refractivity contribution in [2.45, 2.75) is 19.8 Å². The van der Waals surface area contributed by atoms with Crippen molar-refractivity contribution in [1.29, 1.82) is 0 Å². The van der Waals surface area contributed by atoms with Crippen molar-refractivity contribution in [3.05, 3.63) is 36.0 Å². The van der Waals surface area contributed by atoms with Crippen LogP contribution in [0.2, 0.25) is 0 Å². The van der Waals surface area contributed by atoms with E-state index in [0.717, 1.165) is 0 Å². The average Bonchev–Trinajstić information content (AvgIpc) is 2.92.